The van der Waals surface area contributed by atoms with Gasteiger partial charge in [-0.15, -0.1) is 0 Å². The second-order valence-electron chi connectivity index (χ2n) is 8.98. The molecule has 1 saturated heterocycles. The fourth-order valence-corrected chi connectivity index (χ4v) is 4.64. The van der Waals surface area contributed by atoms with Gasteiger partial charge in [0.2, 0.25) is 0 Å². The first kappa shape index (κ1) is 21.4. The van der Waals surface area contributed by atoms with Crippen molar-refractivity contribution in [1.29, 1.82) is 0 Å². The lowest BCUT2D eigenvalue weighted by Crippen LogP contribution is -2.50. The number of anilines is 1. The van der Waals surface area contributed by atoms with Crippen LogP contribution in [0.4, 0.5) is 10.6 Å². The molecule has 9 heteroatoms. The van der Waals surface area contributed by atoms with Gasteiger partial charge in [0.1, 0.15) is 5.69 Å². The van der Waals surface area contributed by atoms with E-state index in [9.17, 15) is 4.79 Å². The number of carbonyl (C=O) groups is 1. The van der Waals surface area contributed by atoms with E-state index in [1.807, 2.05) is 34.1 Å². The van der Waals surface area contributed by atoms with Crippen molar-refractivity contribution in [1.82, 2.24) is 34.6 Å². The number of para-hydroxylation sites is 2. The Kier molecular flexibility index (Phi) is 5.72. The van der Waals surface area contributed by atoms with Crippen LogP contribution in [0.3, 0.4) is 0 Å². The number of nitrogen functional groups attached to an aromatic ring is 1. The smallest absolute Gasteiger partial charge is 0.320 e. The van der Waals surface area contributed by atoms with Crippen LogP contribution in [0.1, 0.15) is 25.0 Å². The lowest BCUT2D eigenvalue weighted by molar-refractivity contribution is 0.122. The topological polar surface area (TPSA) is 107 Å². The summed E-state index contributed by atoms with van der Waals surface area (Å²) in [5.41, 5.74) is 10.3. The van der Waals surface area contributed by atoms with Crippen LogP contribution in [-0.2, 0) is 0 Å². The Balaban J connectivity index is 1.29. The molecular formula is C24H30N8O. The van der Waals surface area contributed by atoms with Gasteiger partial charge in [0, 0.05) is 32.2 Å². The monoisotopic (exact) mass is 446 g/mol. The number of likely N-dealkylation sites (tertiary alicyclic amines) is 1. The Hall–Kier alpha value is -3.46. The first-order valence-corrected chi connectivity index (χ1v) is 11.5. The first-order valence-electron chi connectivity index (χ1n) is 11.5. The number of nitrogens with zero attached hydrogens (tertiary/aromatic N) is 6. The van der Waals surface area contributed by atoms with Crippen molar-refractivity contribution in [3.05, 3.63) is 42.2 Å². The minimum Gasteiger partial charge on any atom is -0.382 e. The van der Waals surface area contributed by atoms with Gasteiger partial charge in [0.15, 0.2) is 11.6 Å². The average Bonchev–Trinajstić information content (AvgIpc) is 3.28. The highest BCUT2D eigenvalue weighted by atomic mass is 16.2. The van der Waals surface area contributed by atoms with Crippen molar-refractivity contribution >= 4 is 28.5 Å². The number of hydrogen-bond acceptors (Lipinski definition) is 6. The van der Waals surface area contributed by atoms with Gasteiger partial charge in [-0.1, -0.05) is 18.2 Å². The molecule has 0 radical (unpaired) electrons. The third-order valence-corrected chi connectivity index (χ3v) is 6.69. The number of carbonyl (C=O) groups excluding carboxylic acids is 1. The molecule has 0 spiro atoms. The Morgan fingerprint density at radius 3 is 2.61 bits per heavy atom. The molecule has 1 fully saturated rings. The minimum absolute atomic E-state index is 0.133. The molecule has 9 nitrogen and oxygen atoms in total. The SMILES string of the molecule is CN(C)C1CCN(C(=O)N2CC=C(c3cnc(N)c(-c4nc5ccccc5[nH]4)n3)CC2)CC1. The van der Waals surface area contributed by atoms with E-state index >= 15 is 0 Å². The maximum absolute atomic E-state index is 13.0. The minimum atomic E-state index is 0.133. The molecule has 5 rings (SSSR count). The molecule has 0 saturated carbocycles. The summed E-state index contributed by atoms with van der Waals surface area (Å²) in [6.45, 7) is 2.89. The first-order chi connectivity index (χ1) is 16.0. The van der Waals surface area contributed by atoms with Gasteiger partial charge in [-0.05, 0) is 51.1 Å². The number of hydrogen-bond donors (Lipinski definition) is 2. The van der Waals surface area contributed by atoms with Gasteiger partial charge in [-0.3, -0.25) is 0 Å². The molecule has 0 bridgehead atoms. The predicted octanol–water partition coefficient (Wildman–Crippen LogP) is 2.84. The number of nitrogens with two attached hydrogens (primary N) is 1. The van der Waals surface area contributed by atoms with Gasteiger partial charge in [-0.2, -0.15) is 0 Å². The molecule has 33 heavy (non-hydrogen) atoms. The van der Waals surface area contributed by atoms with Crippen molar-refractivity contribution < 1.29 is 4.79 Å². The van der Waals surface area contributed by atoms with E-state index in [0.29, 0.717) is 36.5 Å². The van der Waals surface area contributed by atoms with Crippen molar-refractivity contribution in [2.24, 2.45) is 0 Å². The molecule has 0 atom stereocenters. The number of aromatic amines is 1. The number of rotatable bonds is 3. The number of benzene rings is 1. The summed E-state index contributed by atoms with van der Waals surface area (Å²) in [7, 11) is 4.22. The van der Waals surface area contributed by atoms with Gasteiger partial charge < -0.3 is 25.4 Å². The standard InChI is InChI=1S/C24H30N8O/c1-30(2)17-9-13-32(14-10-17)24(33)31-11-7-16(8-12-31)20-15-26-22(25)21(27-20)23-28-18-5-3-4-6-19(18)29-23/h3-7,15,17H,8-14H2,1-2H3,(H2,25,26)(H,28,29). The molecule has 0 unspecified atom stereocenters. The van der Waals surface area contributed by atoms with E-state index in [1.165, 1.54) is 0 Å². The van der Waals surface area contributed by atoms with E-state index in [0.717, 1.165) is 54.7 Å². The quantitative estimate of drug-likeness (QED) is 0.641. The number of aromatic nitrogens is 4. The van der Waals surface area contributed by atoms with Crippen LogP contribution < -0.4 is 5.73 Å². The summed E-state index contributed by atoms with van der Waals surface area (Å²) in [5.74, 6) is 0.949. The van der Waals surface area contributed by atoms with Gasteiger partial charge >= 0.3 is 6.03 Å². The van der Waals surface area contributed by atoms with E-state index < -0.39 is 0 Å². The maximum Gasteiger partial charge on any atom is 0.320 e. The van der Waals surface area contributed by atoms with Gasteiger partial charge in [-0.25, -0.2) is 19.7 Å². The molecule has 0 aliphatic carbocycles. The molecule has 2 amide bonds. The number of H-pyrrole nitrogens is 1. The van der Waals surface area contributed by atoms with E-state index in [1.54, 1.807) is 6.20 Å². The zero-order valence-corrected chi connectivity index (χ0v) is 19.2. The molecule has 2 aromatic heterocycles. The van der Waals surface area contributed by atoms with Crippen LogP contribution in [0.15, 0.2) is 36.5 Å². The van der Waals surface area contributed by atoms with Crippen LogP contribution in [-0.4, -0.2) is 87.0 Å². The fraction of sp³-hybridized carbons (Fsp3) is 0.417. The second-order valence-corrected chi connectivity index (χ2v) is 8.98. The zero-order chi connectivity index (χ0) is 22.9. The van der Waals surface area contributed by atoms with Gasteiger partial charge in [0.25, 0.3) is 0 Å². The van der Waals surface area contributed by atoms with E-state index in [2.05, 4.69) is 40.0 Å². The summed E-state index contributed by atoms with van der Waals surface area (Å²) < 4.78 is 0. The fourth-order valence-electron chi connectivity index (χ4n) is 4.64. The maximum atomic E-state index is 13.0. The van der Waals surface area contributed by atoms with Crippen molar-refractivity contribution in [3.8, 4) is 11.5 Å². The number of amides is 2. The Morgan fingerprint density at radius 2 is 1.91 bits per heavy atom. The molecule has 2 aliphatic rings. The molecule has 4 heterocycles. The summed E-state index contributed by atoms with van der Waals surface area (Å²) in [6.07, 6.45) is 6.57. The molecular weight excluding hydrogens is 416 g/mol. The van der Waals surface area contributed by atoms with Crippen LogP contribution in [0.25, 0.3) is 28.1 Å². The molecule has 3 aromatic rings. The lowest BCUT2D eigenvalue weighted by Gasteiger charge is -2.38. The highest BCUT2D eigenvalue weighted by Gasteiger charge is 2.28. The third kappa shape index (κ3) is 4.28. The average molecular weight is 447 g/mol. The number of imidazole rings is 1. The summed E-state index contributed by atoms with van der Waals surface area (Å²) in [4.78, 5) is 36.2. The zero-order valence-electron chi connectivity index (χ0n) is 19.2. The van der Waals surface area contributed by atoms with Crippen LogP contribution in [0.5, 0.6) is 0 Å². The van der Waals surface area contributed by atoms with E-state index in [-0.39, 0.29) is 6.03 Å². The number of fused-ring (bicyclic) bond motifs is 1. The van der Waals surface area contributed by atoms with Crippen molar-refractivity contribution in [3.63, 3.8) is 0 Å². The molecule has 2 aliphatic heterocycles. The lowest BCUT2D eigenvalue weighted by atomic mass is 10.0. The molecule has 1 aromatic carbocycles. The molecule has 3 N–H and O–H groups in total. The Bertz CT molecular complexity index is 1160. The summed E-state index contributed by atoms with van der Waals surface area (Å²) in [6, 6.07) is 8.52. The van der Waals surface area contributed by atoms with Gasteiger partial charge in [0.05, 0.1) is 22.9 Å². The summed E-state index contributed by atoms with van der Waals surface area (Å²) in [5, 5.41) is 0. The number of piperidine rings is 1. The van der Waals surface area contributed by atoms with Crippen molar-refractivity contribution in [2.75, 3.05) is 46.0 Å². The summed E-state index contributed by atoms with van der Waals surface area (Å²) >= 11 is 0. The normalized spacial score (nSPS) is 17.6. The number of nitrogens with one attached hydrogen (secondary N) is 1. The van der Waals surface area contributed by atoms with Crippen molar-refractivity contribution in [2.45, 2.75) is 25.3 Å². The third-order valence-electron chi connectivity index (χ3n) is 6.69. The largest absolute Gasteiger partial charge is 0.382 e. The van der Waals surface area contributed by atoms with Crippen LogP contribution in [0, 0.1) is 0 Å². The second kappa shape index (κ2) is 8.82. The molecule has 172 valence electrons. The Morgan fingerprint density at radius 1 is 1.12 bits per heavy atom. The highest BCUT2D eigenvalue weighted by molar-refractivity contribution is 5.81. The Labute approximate surface area is 193 Å². The van der Waals surface area contributed by atoms with Crippen LogP contribution in [0.2, 0.25) is 0 Å². The number of urea groups is 1. The highest BCUT2D eigenvalue weighted by Crippen LogP contribution is 2.27. The van der Waals surface area contributed by atoms with Crippen LogP contribution >= 0.6 is 0 Å². The van der Waals surface area contributed by atoms with E-state index in [4.69, 9.17) is 10.7 Å². The predicted molar refractivity (Wildman–Crippen MR) is 129 cm³/mol.